The van der Waals surface area contributed by atoms with Crippen LogP contribution in [0.1, 0.15) is 42.6 Å². The van der Waals surface area contributed by atoms with Gasteiger partial charge in [-0.15, -0.1) is 0 Å². The van der Waals surface area contributed by atoms with Gasteiger partial charge in [-0.05, 0) is 52.0 Å². The van der Waals surface area contributed by atoms with Crippen LogP contribution in [0.3, 0.4) is 0 Å². The van der Waals surface area contributed by atoms with Crippen molar-refractivity contribution >= 4 is 0 Å². The first-order valence-corrected chi connectivity index (χ1v) is 6.95. The van der Waals surface area contributed by atoms with Crippen LogP contribution in [0.15, 0.2) is 0 Å². The zero-order chi connectivity index (χ0) is 13.1. The molecule has 0 amide bonds. The molecule has 102 valence electrons. The first-order valence-electron chi connectivity index (χ1n) is 6.95. The van der Waals surface area contributed by atoms with Crippen molar-refractivity contribution in [1.29, 1.82) is 0 Å². The van der Waals surface area contributed by atoms with Gasteiger partial charge in [0.05, 0.1) is 11.8 Å². The molecular formula is C14H25N3O. The maximum absolute atomic E-state index is 9.47. The first kappa shape index (κ1) is 13.6. The molecule has 1 heterocycles. The highest BCUT2D eigenvalue weighted by molar-refractivity contribution is 5.23. The average Bonchev–Trinajstić information content (AvgIpc) is 2.58. The summed E-state index contributed by atoms with van der Waals surface area (Å²) in [5.41, 5.74) is 3.70. The van der Waals surface area contributed by atoms with E-state index in [-0.39, 0.29) is 6.10 Å². The summed E-state index contributed by atoms with van der Waals surface area (Å²) >= 11 is 0. The zero-order valence-corrected chi connectivity index (χ0v) is 11.7. The predicted octanol–water partition coefficient (Wildman–Crippen LogP) is 1.68. The van der Waals surface area contributed by atoms with Crippen molar-refractivity contribution in [2.24, 2.45) is 13.0 Å². The maximum Gasteiger partial charge on any atom is 0.0641 e. The van der Waals surface area contributed by atoms with Crippen LogP contribution >= 0.6 is 0 Å². The van der Waals surface area contributed by atoms with E-state index in [0.717, 1.165) is 50.4 Å². The van der Waals surface area contributed by atoms with E-state index in [9.17, 15) is 5.11 Å². The number of aliphatic hydroxyl groups is 1. The lowest BCUT2D eigenvalue weighted by Gasteiger charge is -2.25. The van der Waals surface area contributed by atoms with Gasteiger partial charge in [0.15, 0.2) is 0 Å². The van der Waals surface area contributed by atoms with Gasteiger partial charge in [-0.25, -0.2) is 0 Å². The van der Waals surface area contributed by atoms with E-state index in [2.05, 4.69) is 24.3 Å². The van der Waals surface area contributed by atoms with Crippen LogP contribution in [0, 0.1) is 19.8 Å². The molecule has 2 rings (SSSR count). The molecule has 0 aliphatic heterocycles. The summed E-state index contributed by atoms with van der Waals surface area (Å²) in [6.45, 7) is 6.15. The third-order valence-electron chi connectivity index (χ3n) is 4.21. The topological polar surface area (TPSA) is 50.1 Å². The van der Waals surface area contributed by atoms with E-state index in [4.69, 9.17) is 0 Å². The van der Waals surface area contributed by atoms with Gasteiger partial charge in [-0.3, -0.25) is 4.68 Å². The minimum absolute atomic E-state index is 0.0518. The maximum atomic E-state index is 9.47. The van der Waals surface area contributed by atoms with Crippen LogP contribution < -0.4 is 5.32 Å². The van der Waals surface area contributed by atoms with Gasteiger partial charge in [0.2, 0.25) is 0 Å². The van der Waals surface area contributed by atoms with Gasteiger partial charge < -0.3 is 10.4 Å². The molecule has 18 heavy (non-hydrogen) atoms. The van der Waals surface area contributed by atoms with Crippen LogP contribution in [-0.4, -0.2) is 27.5 Å². The fourth-order valence-electron chi connectivity index (χ4n) is 2.82. The second-order valence-corrected chi connectivity index (χ2v) is 5.58. The van der Waals surface area contributed by atoms with Gasteiger partial charge >= 0.3 is 0 Å². The van der Waals surface area contributed by atoms with Crippen molar-refractivity contribution in [2.45, 2.75) is 52.2 Å². The molecule has 0 unspecified atom stereocenters. The predicted molar refractivity (Wildman–Crippen MR) is 72.4 cm³/mol. The lowest BCUT2D eigenvalue weighted by Crippen LogP contribution is -2.28. The van der Waals surface area contributed by atoms with Crippen LogP contribution in [0.5, 0.6) is 0 Å². The number of hydrogen-bond donors (Lipinski definition) is 2. The molecule has 0 spiro atoms. The van der Waals surface area contributed by atoms with Crippen molar-refractivity contribution in [3.8, 4) is 0 Å². The number of rotatable bonds is 4. The zero-order valence-electron chi connectivity index (χ0n) is 11.7. The molecule has 0 bridgehead atoms. The highest BCUT2D eigenvalue weighted by Gasteiger charge is 2.19. The molecule has 0 saturated heterocycles. The molecule has 0 radical (unpaired) electrons. The normalized spacial score (nSPS) is 24.4. The molecule has 1 aromatic rings. The number of hydrogen-bond acceptors (Lipinski definition) is 3. The van der Waals surface area contributed by atoms with Crippen molar-refractivity contribution in [3.63, 3.8) is 0 Å². The fourth-order valence-corrected chi connectivity index (χ4v) is 2.82. The Labute approximate surface area is 109 Å². The van der Waals surface area contributed by atoms with Crippen molar-refractivity contribution in [3.05, 3.63) is 17.0 Å². The lowest BCUT2D eigenvalue weighted by molar-refractivity contribution is 0.108. The molecule has 2 N–H and O–H groups in total. The Morgan fingerprint density at radius 3 is 2.50 bits per heavy atom. The van der Waals surface area contributed by atoms with E-state index in [0.29, 0.717) is 0 Å². The fraction of sp³-hybridized carbons (Fsp3) is 0.786. The Bertz CT molecular complexity index is 392. The molecule has 1 aliphatic rings. The molecule has 4 heteroatoms. The van der Waals surface area contributed by atoms with Crippen molar-refractivity contribution in [1.82, 2.24) is 15.1 Å². The molecule has 4 nitrogen and oxygen atoms in total. The van der Waals surface area contributed by atoms with E-state index in [1.165, 1.54) is 11.3 Å². The minimum Gasteiger partial charge on any atom is -0.393 e. The summed E-state index contributed by atoms with van der Waals surface area (Å²) in [7, 11) is 1.99. The summed E-state index contributed by atoms with van der Waals surface area (Å²) in [5.74, 6) is 0.727. The quantitative estimate of drug-likeness (QED) is 0.856. The van der Waals surface area contributed by atoms with Gasteiger partial charge in [-0.1, -0.05) is 0 Å². The number of aliphatic hydroxyl groups excluding tert-OH is 1. The van der Waals surface area contributed by atoms with E-state index in [1.54, 1.807) is 0 Å². The van der Waals surface area contributed by atoms with Crippen LogP contribution in [0.4, 0.5) is 0 Å². The van der Waals surface area contributed by atoms with Crippen molar-refractivity contribution < 1.29 is 5.11 Å². The van der Waals surface area contributed by atoms with Crippen LogP contribution in [0.25, 0.3) is 0 Å². The number of nitrogens with zero attached hydrogens (tertiary/aromatic N) is 2. The summed E-state index contributed by atoms with van der Waals surface area (Å²) in [5, 5.41) is 17.5. The highest BCUT2D eigenvalue weighted by atomic mass is 16.3. The van der Waals surface area contributed by atoms with Gasteiger partial charge in [0.25, 0.3) is 0 Å². The summed E-state index contributed by atoms with van der Waals surface area (Å²) < 4.78 is 1.95. The average molecular weight is 251 g/mol. The highest BCUT2D eigenvalue weighted by Crippen LogP contribution is 2.23. The Morgan fingerprint density at radius 1 is 1.28 bits per heavy atom. The molecular weight excluding hydrogens is 226 g/mol. The third-order valence-corrected chi connectivity index (χ3v) is 4.21. The van der Waals surface area contributed by atoms with Gasteiger partial charge in [0.1, 0.15) is 0 Å². The summed E-state index contributed by atoms with van der Waals surface area (Å²) in [6.07, 6.45) is 4.19. The number of aryl methyl sites for hydroxylation is 2. The van der Waals surface area contributed by atoms with Crippen LogP contribution in [0.2, 0.25) is 0 Å². The second kappa shape index (κ2) is 5.85. The Kier molecular flexibility index (Phi) is 4.40. The molecule has 0 aromatic carbocycles. The third kappa shape index (κ3) is 3.12. The van der Waals surface area contributed by atoms with E-state index in [1.807, 2.05) is 11.7 Å². The molecule has 1 saturated carbocycles. The lowest BCUT2D eigenvalue weighted by atomic mass is 9.87. The number of nitrogens with one attached hydrogen (secondary N) is 1. The minimum atomic E-state index is -0.0518. The van der Waals surface area contributed by atoms with E-state index < -0.39 is 0 Å². The molecule has 1 aliphatic carbocycles. The monoisotopic (exact) mass is 251 g/mol. The number of aromatic nitrogens is 2. The summed E-state index contributed by atoms with van der Waals surface area (Å²) in [4.78, 5) is 0. The summed E-state index contributed by atoms with van der Waals surface area (Å²) in [6, 6.07) is 0. The molecule has 1 fully saturated rings. The smallest absolute Gasteiger partial charge is 0.0641 e. The van der Waals surface area contributed by atoms with Crippen molar-refractivity contribution in [2.75, 3.05) is 6.54 Å². The first-order chi connectivity index (χ1) is 8.58. The van der Waals surface area contributed by atoms with E-state index >= 15 is 0 Å². The second-order valence-electron chi connectivity index (χ2n) is 5.58. The standard InChI is InChI=1S/C14H25N3O/c1-10-14(11(2)17(3)16-10)9-15-8-12-4-6-13(18)7-5-12/h12-13,15,18H,4-9H2,1-3H3. The Balaban J connectivity index is 1.78. The Hall–Kier alpha value is -0.870. The van der Waals surface area contributed by atoms with Gasteiger partial charge in [0, 0.05) is 24.8 Å². The molecule has 1 aromatic heterocycles. The molecule has 0 atom stereocenters. The SMILES string of the molecule is Cc1nn(C)c(C)c1CNCC1CCC(O)CC1. The largest absolute Gasteiger partial charge is 0.393 e. The Morgan fingerprint density at radius 2 is 1.94 bits per heavy atom. The van der Waals surface area contributed by atoms with Crippen LogP contribution in [-0.2, 0) is 13.6 Å². The van der Waals surface area contributed by atoms with Gasteiger partial charge in [-0.2, -0.15) is 5.10 Å².